The highest BCUT2D eigenvalue weighted by atomic mass is 16.6. The molecule has 1 aliphatic rings. The molecular formula is C16H20N2O3. The van der Waals surface area contributed by atoms with Gasteiger partial charge in [0.1, 0.15) is 0 Å². The lowest BCUT2D eigenvalue weighted by Gasteiger charge is -2.38. The molecule has 1 aliphatic heterocycles. The van der Waals surface area contributed by atoms with Crippen molar-refractivity contribution in [1.29, 1.82) is 0 Å². The number of hydrogen-bond acceptors (Lipinski definition) is 3. The van der Waals surface area contributed by atoms with Crippen LogP contribution in [0.2, 0.25) is 0 Å². The minimum absolute atomic E-state index is 0.0151. The molecule has 0 aromatic heterocycles. The van der Waals surface area contributed by atoms with Crippen molar-refractivity contribution < 1.29 is 9.72 Å². The first kappa shape index (κ1) is 15.2. The van der Waals surface area contributed by atoms with Gasteiger partial charge >= 0.3 is 0 Å². The van der Waals surface area contributed by atoms with Gasteiger partial charge in [-0.1, -0.05) is 12.1 Å². The van der Waals surface area contributed by atoms with Crippen LogP contribution < -0.4 is 0 Å². The highest BCUT2D eigenvalue weighted by Gasteiger charge is 2.27. The van der Waals surface area contributed by atoms with Crippen molar-refractivity contribution in [3.63, 3.8) is 0 Å². The predicted octanol–water partition coefficient (Wildman–Crippen LogP) is 3.40. The molecule has 0 radical (unpaired) electrons. The monoisotopic (exact) mass is 288 g/mol. The summed E-state index contributed by atoms with van der Waals surface area (Å²) in [5.74, 6) is -0.0761. The number of amides is 1. The average Bonchev–Trinajstić information content (AvgIpc) is 2.45. The number of benzene rings is 1. The molecule has 2 rings (SSSR count). The molecule has 0 N–H and O–H groups in total. The molecular weight excluding hydrogens is 268 g/mol. The van der Waals surface area contributed by atoms with E-state index in [-0.39, 0.29) is 23.7 Å². The number of hydrogen-bond donors (Lipinski definition) is 0. The van der Waals surface area contributed by atoms with Crippen LogP contribution in [-0.4, -0.2) is 27.8 Å². The number of para-hydroxylation sites is 1. The van der Waals surface area contributed by atoms with Crippen LogP contribution in [0.15, 0.2) is 30.3 Å². The lowest BCUT2D eigenvalue weighted by molar-refractivity contribution is -0.385. The molecule has 1 saturated heterocycles. The van der Waals surface area contributed by atoms with Crippen LogP contribution in [0.25, 0.3) is 6.08 Å². The summed E-state index contributed by atoms with van der Waals surface area (Å²) in [6, 6.07) is 6.87. The lowest BCUT2D eigenvalue weighted by Crippen LogP contribution is -2.46. The first-order valence-corrected chi connectivity index (χ1v) is 7.24. The second-order valence-corrected chi connectivity index (χ2v) is 5.52. The van der Waals surface area contributed by atoms with E-state index in [0.717, 1.165) is 19.3 Å². The van der Waals surface area contributed by atoms with E-state index in [1.54, 1.807) is 18.2 Å². The molecule has 1 aromatic rings. The third-order valence-electron chi connectivity index (χ3n) is 3.99. The van der Waals surface area contributed by atoms with Crippen LogP contribution >= 0.6 is 0 Å². The zero-order valence-electron chi connectivity index (χ0n) is 12.4. The van der Waals surface area contributed by atoms with Crippen molar-refractivity contribution in [3.8, 4) is 0 Å². The Morgan fingerprint density at radius 2 is 1.90 bits per heavy atom. The van der Waals surface area contributed by atoms with Gasteiger partial charge in [0.2, 0.25) is 5.91 Å². The smallest absolute Gasteiger partial charge is 0.276 e. The minimum Gasteiger partial charge on any atom is -0.334 e. The van der Waals surface area contributed by atoms with Crippen LogP contribution in [0.3, 0.4) is 0 Å². The third-order valence-corrected chi connectivity index (χ3v) is 3.99. The quantitative estimate of drug-likeness (QED) is 0.486. The number of rotatable bonds is 3. The third kappa shape index (κ3) is 3.48. The summed E-state index contributed by atoms with van der Waals surface area (Å²) < 4.78 is 0. The van der Waals surface area contributed by atoms with Gasteiger partial charge in [0.15, 0.2) is 0 Å². The van der Waals surface area contributed by atoms with E-state index in [0.29, 0.717) is 5.56 Å². The lowest BCUT2D eigenvalue weighted by atomic mass is 9.97. The second kappa shape index (κ2) is 6.52. The SMILES string of the molecule is CC1CCCC(C)N1C(=O)/C=C/c1ccccc1[N+](=O)[O-]. The van der Waals surface area contributed by atoms with Gasteiger partial charge in [-0.3, -0.25) is 14.9 Å². The molecule has 0 bridgehead atoms. The van der Waals surface area contributed by atoms with Crippen LogP contribution in [-0.2, 0) is 4.79 Å². The first-order chi connectivity index (χ1) is 10.0. The molecule has 5 nitrogen and oxygen atoms in total. The highest BCUT2D eigenvalue weighted by Crippen LogP contribution is 2.24. The maximum Gasteiger partial charge on any atom is 0.276 e. The normalized spacial score (nSPS) is 22.5. The van der Waals surface area contributed by atoms with Crippen LogP contribution in [0.1, 0.15) is 38.7 Å². The molecule has 1 aromatic carbocycles. The van der Waals surface area contributed by atoms with Crippen molar-refractivity contribution in [3.05, 3.63) is 46.0 Å². The zero-order valence-corrected chi connectivity index (χ0v) is 12.4. The van der Waals surface area contributed by atoms with Gasteiger partial charge in [0, 0.05) is 24.2 Å². The van der Waals surface area contributed by atoms with Crippen molar-refractivity contribution in [2.24, 2.45) is 0 Å². The van der Waals surface area contributed by atoms with Crippen LogP contribution in [0.5, 0.6) is 0 Å². The summed E-state index contributed by atoms with van der Waals surface area (Å²) in [5.41, 5.74) is 0.467. The maximum absolute atomic E-state index is 12.3. The van der Waals surface area contributed by atoms with E-state index in [9.17, 15) is 14.9 Å². The molecule has 1 heterocycles. The minimum atomic E-state index is -0.434. The molecule has 112 valence electrons. The molecule has 2 atom stereocenters. The Bertz CT molecular complexity index is 558. The van der Waals surface area contributed by atoms with Gasteiger partial charge in [0.25, 0.3) is 5.69 Å². The number of nitrogens with zero attached hydrogens (tertiary/aromatic N) is 2. The van der Waals surface area contributed by atoms with Crippen molar-refractivity contribution in [2.45, 2.75) is 45.2 Å². The molecule has 0 spiro atoms. The molecule has 1 amide bonds. The van der Waals surface area contributed by atoms with E-state index in [2.05, 4.69) is 0 Å². The predicted molar refractivity (Wildman–Crippen MR) is 81.8 cm³/mol. The standard InChI is InChI=1S/C16H20N2O3/c1-12-6-5-7-13(2)17(12)16(19)11-10-14-8-3-4-9-15(14)18(20)21/h3-4,8-13H,5-7H2,1-2H3/b11-10+. The fourth-order valence-corrected chi connectivity index (χ4v) is 2.90. The number of nitro benzene ring substituents is 1. The molecule has 2 unspecified atom stereocenters. The largest absolute Gasteiger partial charge is 0.334 e. The van der Waals surface area contributed by atoms with E-state index < -0.39 is 4.92 Å². The molecule has 0 saturated carbocycles. The van der Waals surface area contributed by atoms with E-state index in [4.69, 9.17) is 0 Å². The van der Waals surface area contributed by atoms with Crippen LogP contribution in [0, 0.1) is 10.1 Å². The number of piperidine rings is 1. The van der Waals surface area contributed by atoms with Gasteiger partial charge in [-0.25, -0.2) is 0 Å². The Hall–Kier alpha value is -2.17. The zero-order chi connectivity index (χ0) is 15.4. The summed E-state index contributed by atoms with van der Waals surface area (Å²) in [6.45, 7) is 4.10. The summed E-state index contributed by atoms with van der Waals surface area (Å²) in [6.07, 6.45) is 6.14. The maximum atomic E-state index is 12.3. The molecule has 1 fully saturated rings. The summed E-state index contributed by atoms with van der Waals surface area (Å²) >= 11 is 0. The Labute approximate surface area is 124 Å². The van der Waals surface area contributed by atoms with Crippen LogP contribution in [0.4, 0.5) is 5.69 Å². The van der Waals surface area contributed by atoms with Gasteiger partial charge < -0.3 is 4.90 Å². The summed E-state index contributed by atoms with van der Waals surface area (Å²) in [4.78, 5) is 24.7. The summed E-state index contributed by atoms with van der Waals surface area (Å²) in [7, 11) is 0. The topological polar surface area (TPSA) is 63.5 Å². The Morgan fingerprint density at radius 1 is 1.29 bits per heavy atom. The Kier molecular flexibility index (Phi) is 4.73. The molecule has 0 aliphatic carbocycles. The van der Waals surface area contributed by atoms with Gasteiger partial charge in [-0.2, -0.15) is 0 Å². The number of likely N-dealkylation sites (tertiary alicyclic amines) is 1. The average molecular weight is 288 g/mol. The molecule has 5 heteroatoms. The Balaban J connectivity index is 2.17. The molecule has 21 heavy (non-hydrogen) atoms. The fourth-order valence-electron chi connectivity index (χ4n) is 2.90. The van der Waals surface area contributed by atoms with Crippen molar-refractivity contribution in [2.75, 3.05) is 0 Å². The van der Waals surface area contributed by atoms with Gasteiger partial charge in [-0.15, -0.1) is 0 Å². The Morgan fingerprint density at radius 3 is 2.52 bits per heavy atom. The summed E-state index contributed by atoms with van der Waals surface area (Å²) in [5, 5.41) is 10.9. The number of nitro groups is 1. The van der Waals surface area contributed by atoms with E-state index in [1.165, 1.54) is 18.2 Å². The van der Waals surface area contributed by atoms with Crippen molar-refractivity contribution in [1.82, 2.24) is 4.90 Å². The fraction of sp³-hybridized carbons (Fsp3) is 0.438. The second-order valence-electron chi connectivity index (χ2n) is 5.52. The van der Waals surface area contributed by atoms with Crippen molar-refractivity contribution >= 4 is 17.7 Å². The number of carbonyl (C=O) groups is 1. The van der Waals surface area contributed by atoms with Gasteiger partial charge in [-0.05, 0) is 45.3 Å². The van der Waals surface area contributed by atoms with Gasteiger partial charge in [0.05, 0.1) is 10.5 Å². The highest BCUT2D eigenvalue weighted by molar-refractivity contribution is 5.92. The van der Waals surface area contributed by atoms with E-state index in [1.807, 2.05) is 18.7 Å². The number of carbonyl (C=O) groups excluding carboxylic acids is 1. The first-order valence-electron chi connectivity index (χ1n) is 7.24. The van der Waals surface area contributed by atoms with E-state index >= 15 is 0 Å².